The fourth-order valence-electron chi connectivity index (χ4n) is 2.68. The molecule has 1 N–H and O–H groups in total. The summed E-state index contributed by atoms with van der Waals surface area (Å²) in [6.07, 6.45) is -10.4. The van der Waals surface area contributed by atoms with E-state index in [0.717, 1.165) is 41.2 Å². The molecule has 2 aromatic carbocycles. The Hall–Kier alpha value is -2.86. The van der Waals surface area contributed by atoms with Crippen LogP contribution in [0.2, 0.25) is 0 Å². The summed E-state index contributed by atoms with van der Waals surface area (Å²) < 4.78 is 80.4. The number of nitrogens with zero attached hydrogens (tertiary/aromatic N) is 2. The number of ketones is 1. The SMILES string of the molecule is O=C(c1ccc(OC(F)(F)F)cc1)C(O)c1cc(Br)ccc1-n1ccc(C(F)(F)F)n1. The van der Waals surface area contributed by atoms with Gasteiger partial charge in [0.1, 0.15) is 11.9 Å². The van der Waals surface area contributed by atoms with Crippen molar-refractivity contribution in [3.8, 4) is 11.4 Å². The second kappa shape index (κ2) is 8.35. The molecule has 1 aromatic heterocycles. The van der Waals surface area contributed by atoms with E-state index in [1.54, 1.807) is 0 Å². The van der Waals surface area contributed by atoms with Crippen molar-refractivity contribution in [3.63, 3.8) is 0 Å². The van der Waals surface area contributed by atoms with Crippen LogP contribution in [0.25, 0.3) is 5.69 Å². The Morgan fingerprint density at radius 2 is 1.68 bits per heavy atom. The third kappa shape index (κ3) is 5.44. The van der Waals surface area contributed by atoms with E-state index in [1.165, 1.54) is 18.2 Å². The lowest BCUT2D eigenvalue weighted by Crippen LogP contribution is -2.18. The minimum absolute atomic E-state index is 0.0107. The number of alkyl halides is 6. The molecule has 1 atom stereocenters. The Bertz CT molecular complexity index is 1090. The average molecular weight is 509 g/mol. The molecule has 3 aromatic rings. The fourth-order valence-corrected chi connectivity index (χ4v) is 3.06. The standard InChI is InChI=1S/C19H11BrF6N2O3/c20-11-3-6-14(28-8-7-15(27-28)18(21,22)23)13(9-11)17(30)16(29)10-1-4-12(5-2-10)31-19(24,25)26/h1-9,17,30H. The smallest absolute Gasteiger partial charge is 0.406 e. The molecule has 0 aliphatic rings. The maximum atomic E-state index is 12.9. The molecular weight excluding hydrogens is 498 g/mol. The molecule has 1 heterocycles. The van der Waals surface area contributed by atoms with Gasteiger partial charge >= 0.3 is 12.5 Å². The molecule has 0 fully saturated rings. The second-order valence-corrected chi connectivity index (χ2v) is 7.10. The van der Waals surface area contributed by atoms with E-state index in [4.69, 9.17) is 0 Å². The van der Waals surface area contributed by atoms with Crippen LogP contribution in [0.4, 0.5) is 26.3 Å². The molecule has 0 radical (unpaired) electrons. The van der Waals surface area contributed by atoms with Crippen LogP contribution in [0, 0.1) is 0 Å². The number of hydrogen-bond donors (Lipinski definition) is 1. The molecule has 0 spiro atoms. The van der Waals surface area contributed by atoms with Crippen molar-refractivity contribution < 1.29 is 41.0 Å². The number of carbonyl (C=O) groups excluding carboxylic acids is 1. The topological polar surface area (TPSA) is 64.3 Å². The first-order chi connectivity index (χ1) is 14.3. The van der Waals surface area contributed by atoms with Gasteiger partial charge in [-0.05, 0) is 48.5 Å². The quantitative estimate of drug-likeness (QED) is 0.366. The van der Waals surface area contributed by atoms with Crippen molar-refractivity contribution in [2.24, 2.45) is 0 Å². The van der Waals surface area contributed by atoms with Crippen LogP contribution < -0.4 is 4.74 Å². The van der Waals surface area contributed by atoms with E-state index < -0.39 is 35.9 Å². The van der Waals surface area contributed by atoms with Crippen LogP contribution in [-0.4, -0.2) is 27.0 Å². The molecular formula is C19H11BrF6N2O3. The van der Waals surface area contributed by atoms with Gasteiger partial charge in [0, 0.05) is 21.8 Å². The number of aliphatic hydroxyl groups is 1. The first-order valence-corrected chi connectivity index (χ1v) is 9.15. The summed E-state index contributed by atoms with van der Waals surface area (Å²) in [5.74, 6) is -1.45. The summed E-state index contributed by atoms with van der Waals surface area (Å²) in [4.78, 5) is 12.7. The van der Waals surface area contributed by atoms with Gasteiger partial charge in [-0.1, -0.05) is 15.9 Å². The van der Waals surface area contributed by atoms with E-state index in [1.807, 2.05) is 0 Å². The predicted molar refractivity (Wildman–Crippen MR) is 98.7 cm³/mol. The number of aromatic nitrogens is 2. The van der Waals surface area contributed by atoms with Crippen molar-refractivity contribution in [2.45, 2.75) is 18.6 Å². The van der Waals surface area contributed by atoms with Crippen molar-refractivity contribution in [2.75, 3.05) is 0 Å². The largest absolute Gasteiger partial charge is 0.573 e. The van der Waals surface area contributed by atoms with Gasteiger partial charge in [0.05, 0.1) is 5.69 Å². The molecule has 12 heteroatoms. The van der Waals surface area contributed by atoms with Crippen LogP contribution in [0.5, 0.6) is 5.75 Å². The minimum Gasteiger partial charge on any atom is -0.406 e. The maximum absolute atomic E-state index is 12.9. The number of Topliss-reactive ketones (excluding diaryl/α,β-unsaturated/α-hetero) is 1. The van der Waals surface area contributed by atoms with Crippen LogP contribution in [0.3, 0.4) is 0 Å². The molecule has 0 bridgehead atoms. The van der Waals surface area contributed by atoms with E-state index in [9.17, 15) is 36.2 Å². The van der Waals surface area contributed by atoms with Crippen molar-refractivity contribution in [3.05, 3.63) is 76.0 Å². The summed E-state index contributed by atoms with van der Waals surface area (Å²) in [6, 6.07) is 8.75. The molecule has 164 valence electrons. The van der Waals surface area contributed by atoms with Gasteiger partial charge in [0.25, 0.3) is 0 Å². The van der Waals surface area contributed by atoms with Gasteiger partial charge in [0.2, 0.25) is 0 Å². The first-order valence-electron chi connectivity index (χ1n) is 8.36. The summed E-state index contributed by atoms with van der Waals surface area (Å²) in [5, 5.41) is 14.0. The highest BCUT2D eigenvalue weighted by Gasteiger charge is 2.34. The lowest BCUT2D eigenvalue weighted by atomic mass is 9.98. The van der Waals surface area contributed by atoms with Crippen LogP contribution in [-0.2, 0) is 6.18 Å². The number of rotatable bonds is 5. The maximum Gasteiger partial charge on any atom is 0.573 e. The van der Waals surface area contributed by atoms with Crippen molar-refractivity contribution >= 4 is 21.7 Å². The number of ether oxygens (including phenoxy) is 1. The van der Waals surface area contributed by atoms with Gasteiger partial charge in [0.15, 0.2) is 11.5 Å². The Balaban J connectivity index is 1.92. The Morgan fingerprint density at radius 1 is 1.03 bits per heavy atom. The number of carbonyl (C=O) groups is 1. The zero-order chi connectivity index (χ0) is 23.0. The Labute approximate surface area is 179 Å². The van der Waals surface area contributed by atoms with E-state index >= 15 is 0 Å². The zero-order valence-corrected chi connectivity index (χ0v) is 16.7. The van der Waals surface area contributed by atoms with Gasteiger partial charge in [-0.25, -0.2) is 4.68 Å². The zero-order valence-electron chi connectivity index (χ0n) is 15.1. The average Bonchev–Trinajstić information content (AvgIpc) is 3.16. The fraction of sp³-hybridized carbons (Fsp3) is 0.158. The third-order valence-corrected chi connectivity index (χ3v) is 4.52. The molecule has 0 amide bonds. The van der Waals surface area contributed by atoms with Gasteiger partial charge in [-0.2, -0.15) is 18.3 Å². The second-order valence-electron chi connectivity index (χ2n) is 6.19. The van der Waals surface area contributed by atoms with Crippen LogP contribution in [0.15, 0.2) is 59.2 Å². The molecule has 0 aliphatic carbocycles. The number of halogens is 7. The van der Waals surface area contributed by atoms with E-state index in [2.05, 4.69) is 25.8 Å². The Kier molecular flexibility index (Phi) is 6.14. The lowest BCUT2D eigenvalue weighted by molar-refractivity contribution is -0.274. The molecule has 0 saturated carbocycles. The Morgan fingerprint density at radius 3 is 2.23 bits per heavy atom. The molecule has 1 unspecified atom stereocenters. The molecule has 0 aliphatic heterocycles. The minimum atomic E-state index is -4.91. The number of benzene rings is 2. The summed E-state index contributed by atoms with van der Waals surface area (Å²) in [6.45, 7) is 0. The molecule has 3 rings (SSSR count). The normalized spacial score (nSPS) is 13.2. The molecule has 5 nitrogen and oxygen atoms in total. The number of aliphatic hydroxyl groups excluding tert-OH is 1. The molecule has 0 saturated heterocycles. The van der Waals surface area contributed by atoms with Crippen LogP contribution in [0.1, 0.15) is 27.7 Å². The van der Waals surface area contributed by atoms with Crippen molar-refractivity contribution in [1.29, 1.82) is 0 Å². The van der Waals surface area contributed by atoms with Gasteiger partial charge in [-0.15, -0.1) is 13.2 Å². The monoisotopic (exact) mass is 508 g/mol. The first kappa shape index (κ1) is 22.8. The lowest BCUT2D eigenvalue weighted by Gasteiger charge is -2.16. The van der Waals surface area contributed by atoms with Gasteiger partial charge in [-0.3, -0.25) is 4.79 Å². The predicted octanol–water partition coefficient (Wildman–Crippen LogP) is 5.47. The third-order valence-electron chi connectivity index (χ3n) is 4.03. The highest BCUT2D eigenvalue weighted by atomic mass is 79.9. The van der Waals surface area contributed by atoms with E-state index in [0.29, 0.717) is 4.47 Å². The van der Waals surface area contributed by atoms with Crippen molar-refractivity contribution in [1.82, 2.24) is 9.78 Å². The highest BCUT2D eigenvalue weighted by Crippen LogP contribution is 2.32. The number of hydrogen-bond acceptors (Lipinski definition) is 4. The summed E-state index contributed by atoms with van der Waals surface area (Å²) in [5.41, 5.74) is -1.35. The van der Waals surface area contributed by atoms with E-state index in [-0.39, 0.29) is 16.8 Å². The van der Waals surface area contributed by atoms with Crippen LogP contribution >= 0.6 is 15.9 Å². The molecule has 31 heavy (non-hydrogen) atoms. The summed E-state index contributed by atoms with van der Waals surface area (Å²) in [7, 11) is 0. The van der Waals surface area contributed by atoms with Gasteiger partial charge < -0.3 is 9.84 Å². The highest BCUT2D eigenvalue weighted by molar-refractivity contribution is 9.10. The summed E-state index contributed by atoms with van der Waals surface area (Å²) >= 11 is 3.16.